The molecule has 0 fully saturated rings. The molecule has 0 saturated carbocycles. The molecular formula is C47H31N5. The van der Waals surface area contributed by atoms with Gasteiger partial charge >= 0.3 is 0 Å². The molecule has 5 heteroatoms. The minimum absolute atomic E-state index is 0.325. The van der Waals surface area contributed by atoms with Crippen molar-refractivity contribution in [1.82, 2.24) is 4.57 Å². The van der Waals surface area contributed by atoms with E-state index < -0.39 is 0 Å². The van der Waals surface area contributed by atoms with Crippen molar-refractivity contribution >= 4 is 33.2 Å². The summed E-state index contributed by atoms with van der Waals surface area (Å²) in [5.74, 6) is 0.771. The summed E-state index contributed by atoms with van der Waals surface area (Å²) in [5, 5.41) is 33.1. The summed E-state index contributed by atoms with van der Waals surface area (Å²) >= 11 is 0. The van der Waals surface area contributed by atoms with E-state index >= 15 is 0 Å². The quantitative estimate of drug-likeness (QED) is 0.187. The first kappa shape index (κ1) is 30.9. The Labute approximate surface area is 302 Å². The van der Waals surface area contributed by atoms with Crippen LogP contribution >= 0.6 is 0 Å². The SMILES string of the molecule is CC1C=CC2=CC(C1)c1ccccc1N2c1ccccc1-c1ccc(C#N)c(-c2cccc(-n3c4ccccc4c4cc(C#N)ccc43)c2)c1C#N. The molecule has 244 valence electrons. The van der Waals surface area contributed by atoms with Crippen LogP contribution in [0.25, 0.3) is 49.7 Å². The minimum atomic E-state index is 0.325. The Hall–Kier alpha value is -7.13. The number of nitrogens with zero attached hydrogens (tertiary/aromatic N) is 5. The van der Waals surface area contributed by atoms with Gasteiger partial charge in [0.25, 0.3) is 0 Å². The first-order chi connectivity index (χ1) is 25.6. The van der Waals surface area contributed by atoms with E-state index in [2.05, 4.69) is 107 Å². The molecule has 2 aliphatic rings. The lowest BCUT2D eigenvalue weighted by Crippen LogP contribution is -2.22. The maximum atomic E-state index is 11.0. The molecule has 52 heavy (non-hydrogen) atoms. The lowest BCUT2D eigenvalue weighted by atomic mass is 9.85. The highest BCUT2D eigenvalue weighted by Gasteiger charge is 2.30. The van der Waals surface area contributed by atoms with Gasteiger partial charge in [0, 0.05) is 50.5 Å². The minimum Gasteiger partial charge on any atom is -0.310 e. The van der Waals surface area contributed by atoms with Gasteiger partial charge in [0.1, 0.15) is 6.07 Å². The van der Waals surface area contributed by atoms with Crippen LogP contribution in [0.1, 0.15) is 41.5 Å². The van der Waals surface area contributed by atoms with Crippen molar-refractivity contribution in [3.8, 4) is 46.1 Å². The Morgan fingerprint density at radius 2 is 1.44 bits per heavy atom. The van der Waals surface area contributed by atoms with Crippen LogP contribution in [0.2, 0.25) is 0 Å². The van der Waals surface area contributed by atoms with Crippen molar-refractivity contribution < 1.29 is 0 Å². The zero-order valence-corrected chi connectivity index (χ0v) is 28.5. The number of anilines is 2. The highest BCUT2D eigenvalue weighted by Crippen LogP contribution is 2.49. The molecule has 0 radical (unpaired) electrons. The zero-order chi connectivity index (χ0) is 35.3. The van der Waals surface area contributed by atoms with Crippen molar-refractivity contribution in [2.24, 2.45) is 5.92 Å². The van der Waals surface area contributed by atoms with Crippen LogP contribution in [0, 0.1) is 39.9 Å². The molecule has 6 aromatic carbocycles. The van der Waals surface area contributed by atoms with Crippen molar-refractivity contribution in [2.75, 3.05) is 4.90 Å². The molecule has 0 saturated heterocycles. The maximum Gasteiger partial charge on any atom is 0.100 e. The van der Waals surface area contributed by atoms with Crippen molar-refractivity contribution in [3.63, 3.8) is 0 Å². The van der Waals surface area contributed by atoms with Gasteiger partial charge in [-0.25, -0.2) is 0 Å². The van der Waals surface area contributed by atoms with Crippen molar-refractivity contribution in [2.45, 2.75) is 19.3 Å². The lowest BCUT2D eigenvalue weighted by molar-refractivity contribution is 0.603. The van der Waals surface area contributed by atoms with Crippen LogP contribution in [0.15, 0.2) is 151 Å². The molecule has 2 atom stereocenters. The third kappa shape index (κ3) is 4.82. The summed E-state index contributed by atoms with van der Waals surface area (Å²) in [7, 11) is 0. The van der Waals surface area contributed by atoms with E-state index in [9.17, 15) is 15.8 Å². The van der Waals surface area contributed by atoms with Crippen LogP contribution in [0.4, 0.5) is 11.4 Å². The van der Waals surface area contributed by atoms with Gasteiger partial charge in [-0.3, -0.25) is 0 Å². The molecule has 2 heterocycles. The molecule has 1 aliphatic heterocycles. The normalized spacial score (nSPS) is 16.0. The maximum absolute atomic E-state index is 11.0. The molecule has 0 N–H and O–H groups in total. The number of allylic oxidation sites excluding steroid dienone is 3. The average Bonchev–Trinajstić information content (AvgIpc) is 3.43. The summed E-state index contributed by atoms with van der Waals surface area (Å²) in [6.45, 7) is 2.27. The van der Waals surface area contributed by atoms with E-state index in [0.717, 1.165) is 67.7 Å². The molecule has 0 amide bonds. The number of benzene rings is 6. The van der Waals surface area contributed by atoms with Crippen LogP contribution in [0.3, 0.4) is 0 Å². The Morgan fingerprint density at radius 3 is 2.29 bits per heavy atom. The van der Waals surface area contributed by atoms with Crippen LogP contribution < -0.4 is 4.90 Å². The largest absolute Gasteiger partial charge is 0.310 e. The third-order valence-corrected chi connectivity index (χ3v) is 10.5. The Kier molecular flexibility index (Phi) is 7.32. The summed E-state index contributed by atoms with van der Waals surface area (Å²) in [4.78, 5) is 2.31. The average molecular weight is 666 g/mol. The number of rotatable bonds is 4. The highest BCUT2D eigenvalue weighted by molar-refractivity contribution is 6.09. The predicted molar refractivity (Wildman–Crippen MR) is 208 cm³/mol. The van der Waals surface area contributed by atoms with E-state index in [1.165, 1.54) is 5.56 Å². The molecule has 0 spiro atoms. The lowest BCUT2D eigenvalue weighted by Gasteiger charge is -2.35. The van der Waals surface area contributed by atoms with Crippen LogP contribution in [-0.2, 0) is 0 Å². The molecule has 2 bridgehead atoms. The van der Waals surface area contributed by atoms with Crippen molar-refractivity contribution in [3.05, 3.63) is 174 Å². The molecule has 5 nitrogen and oxygen atoms in total. The predicted octanol–water partition coefficient (Wildman–Crippen LogP) is 11.4. The van der Waals surface area contributed by atoms with E-state index in [-0.39, 0.29) is 0 Å². The van der Waals surface area contributed by atoms with Crippen LogP contribution in [-0.4, -0.2) is 4.57 Å². The number of hydrogen-bond acceptors (Lipinski definition) is 4. The summed E-state index contributed by atoms with van der Waals surface area (Å²) < 4.78 is 2.18. The Bertz CT molecular complexity index is 2790. The molecular weight excluding hydrogens is 635 g/mol. The molecule has 9 rings (SSSR count). The van der Waals surface area contributed by atoms with Gasteiger partial charge in [-0.1, -0.05) is 91.9 Å². The van der Waals surface area contributed by atoms with E-state index in [1.807, 2.05) is 72.8 Å². The fourth-order valence-corrected chi connectivity index (χ4v) is 8.20. The first-order valence-corrected chi connectivity index (χ1v) is 17.5. The van der Waals surface area contributed by atoms with Gasteiger partial charge in [-0.2, -0.15) is 15.8 Å². The van der Waals surface area contributed by atoms with Gasteiger partial charge in [-0.15, -0.1) is 0 Å². The Morgan fingerprint density at radius 1 is 0.654 bits per heavy atom. The van der Waals surface area contributed by atoms with Gasteiger partial charge in [0.15, 0.2) is 0 Å². The van der Waals surface area contributed by atoms with Gasteiger partial charge in [-0.05, 0) is 84.1 Å². The third-order valence-electron chi connectivity index (χ3n) is 10.5. The fourth-order valence-electron chi connectivity index (χ4n) is 8.20. The van der Waals surface area contributed by atoms with E-state index in [0.29, 0.717) is 34.1 Å². The van der Waals surface area contributed by atoms with Gasteiger partial charge in [0.2, 0.25) is 0 Å². The standard InChI is InChI=1S/C47H31N5/c1-30-17-20-36-26-34(23-30)37-11-2-5-14-43(37)52(36)44-15-6-3-12-39(44)38-21-19-33(28-49)47(42(38)29-50)32-9-8-10-35(25-32)51-45-16-7-4-13-40(45)41-24-31(27-48)18-22-46(41)51/h2-22,24-26,30,34H,23H2,1H3. The second-order valence-corrected chi connectivity index (χ2v) is 13.6. The van der Waals surface area contributed by atoms with Crippen molar-refractivity contribution in [1.29, 1.82) is 15.8 Å². The monoisotopic (exact) mass is 665 g/mol. The molecule has 1 aliphatic carbocycles. The van der Waals surface area contributed by atoms with Gasteiger partial charge in [0.05, 0.1) is 45.5 Å². The van der Waals surface area contributed by atoms with E-state index in [4.69, 9.17) is 0 Å². The second-order valence-electron chi connectivity index (χ2n) is 13.6. The summed E-state index contributed by atoms with van der Waals surface area (Å²) in [6.07, 6.45) is 7.95. The summed E-state index contributed by atoms with van der Waals surface area (Å²) in [5.41, 5.74) is 12.0. The van der Waals surface area contributed by atoms with Gasteiger partial charge < -0.3 is 9.47 Å². The number of hydrogen-bond donors (Lipinski definition) is 0. The summed E-state index contributed by atoms with van der Waals surface area (Å²) in [6, 6.07) is 49.8. The highest BCUT2D eigenvalue weighted by atomic mass is 15.2. The smallest absolute Gasteiger partial charge is 0.100 e. The number of para-hydroxylation sites is 3. The number of fused-ring (bicyclic) bond motifs is 6. The fraction of sp³-hybridized carbons (Fsp3) is 0.0851. The Balaban J connectivity index is 1.24. The molecule has 7 aromatic rings. The number of nitriles is 3. The van der Waals surface area contributed by atoms with Crippen LogP contribution in [0.5, 0.6) is 0 Å². The molecule has 1 aromatic heterocycles. The second kappa shape index (κ2) is 12.3. The zero-order valence-electron chi connectivity index (χ0n) is 28.5. The molecule has 2 unspecified atom stereocenters. The number of aromatic nitrogens is 1. The topological polar surface area (TPSA) is 79.5 Å². The first-order valence-electron chi connectivity index (χ1n) is 17.5. The van der Waals surface area contributed by atoms with E-state index in [1.54, 1.807) is 0 Å².